The van der Waals surface area contributed by atoms with E-state index < -0.39 is 0 Å². The number of nitrogens with zero attached hydrogens (tertiary/aromatic N) is 9. The maximum absolute atomic E-state index is 4.78. The van der Waals surface area contributed by atoms with E-state index in [1.54, 1.807) is 21.6 Å². The molecule has 27 heavy (non-hydrogen) atoms. The molecule has 0 unspecified atom stereocenters. The Morgan fingerprint density at radius 1 is 0.852 bits per heavy atom. The van der Waals surface area contributed by atoms with Gasteiger partial charge in [0.05, 0.1) is 30.5 Å². The Labute approximate surface area is 155 Å². The van der Waals surface area contributed by atoms with Crippen LogP contribution in [0.25, 0.3) is 16.9 Å². The molecule has 9 heteroatoms. The van der Waals surface area contributed by atoms with Gasteiger partial charge in [0.2, 0.25) is 0 Å². The van der Waals surface area contributed by atoms with E-state index >= 15 is 0 Å². The normalized spacial score (nSPS) is 14.9. The van der Waals surface area contributed by atoms with Gasteiger partial charge in [0.15, 0.2) is 5.65 Å². The molecule has 1 aliphatic rings. The summed E-state index contributed by atoms with van der Waals surface area (Å²) in [4.78, 5) is 18.4. The van der Waals surface area contributed by atoms with Crippen LogP contribution in [0.4, 0.5) is 11.6 Å². The number of fused-ring (bicyclic) bond motifs is 1. The molecule has 0 amide bonds. The Balaban J connectivity index is 1.31. The van der Waals surface area contributed by atoms with Gasteiger partial charge in [0.25, 0.3) is 0 Å². The van der Waals surface area contributed by atoms with E-state index in [4.69, 9.17) is 4.98 Å². The molecule has 4 aromatic heterocycles. The van der Waals surface area contributed by atoms with Crippen molar-refractivity contribution in [2.24, 2.45) is 7.05 Å². The van der Waals surface area contributed by atoms with Gasteiger partial charge in [0, 0.05) is 57.3 Å². The second-order valence-electron chi connectivity index (χ2n) is 6.56. The minimum Gasteiger partial charge on any atom is -0.353 e. The van der Waals surface area contributed by atoms with E-state index in [0.717, 1.165) is 54.7 Å². The van der Waals surface area contributed by atoms with Gasteiger partial charge in [-0.1, -0.05) is 0 Å². The molecule has 0 aromatic carbocycles. The fourth-order valence-corrected chi connectivity index (χ4v) is 3.34. The maximum atomic E-state index is 4.78. The third kappa shape index (κ3) is 2.97. The van der Waals surface area contributed by atoms with Gasteiger partial charge in [-0.05, 0) is 6.07 Å². The van der Waals surface area contributed by atoms with E-state index in [1.807, 2.05) is 44.0 Å². The first-order valence-corrected chi connectivity index (χ1v) is 8.88. The van der Waals surface area contributed by atoms with E-state index in [2.05, 4.69) is 30.0 Å². The standard InChI is InChI=1S/C18H19N9/c1-24-13-14(10-21-24)15-11-19-12-18(22-15)26-8-6-25(7-9-26)16-3-5-27-17(23-16)2-4-20-27/h2-5,10-13H,6-9H2,1H3. The van der Waals surface area contributed by atoms with Crippen molar-refractivity contribution in [3.63, 3.8) is 0 Å². The number of aryl methyl sites for hydroxylation is 1. The number of anilines is 2. The van der Waals surface area contributed by atoms with Crippen molar-refractivity contribution >= 4 is 17.3 Å². The van der Waals surface area contributed by atoms with E-state index in [-0.39, 0.29) is 0 Å². The van der Waals surface area contributed by atoms with Crippen molar-refractivity contribution in [3.05, 3.63) is 49.3 Å². The Kier molecular flexibility index (Phi) is 3.70. The van der Waals surface area contributed by atoms with Crippen LogP contribution in [0.3, 0.4) is 0 Å². The largest absolute Gasteiger partial charge is 0.353 e. The first kappa shape index (κ1) is 15.7. The van der Waals surface area contributed by atoms with Crippen LogP contribution in [-0.4, -0.2) is 60.5 Å². The molecule has 0 aliphatic carbocycles. The number of piperazine rings is 1. The summed E-state index contributed by atoms with van der Waals surface area (Å²) in [6.45, 7) is 3.51. The molecule has 5 rings (SSSR count). The van der Waals surface area contributed by atoms with Gasteiger partial charge in [-0.3, -0.25) is 9.67 Å². The topological polar surface area (TPSA) is 80.3 Å². The van der Waals surface area contributed by atoms with Crippen LogP contribution in [0, 0.1) is 0 Å². The monoisotopic (exact) mass is 361 g/mol. The van der Waals surface area contributed by atoms with Gasteiger partial charge in [0.1, 0.15) is 11.6 Å². The predicted octanol–water partition coefficient (Wildman–Crippen LogP) is 1.25. The zero-order valence-electron chi connectivity index (χ0n) is 15.0. The fourth-order valence-electron chi connectivity index (χ4n) is 3.34. The lowest BCUT2D eigenvalue weighted by Gasteiger charge is -2.36. The molecule has 0 N–H and O–H groups in total. The maximum Gasteiger partial charge on any atom is 0.157 e. The lowest BCUT2D eigenvalue weighted by atomic mass is 10.2. The van der Waals surface area contributed by atoms with Gasteiger partial charge in [-0.2, -0.15) is 10.2 Å². The molecule has 1 fully saturated rings. The third-order valence-electron chi connectivity index (χ3n) is 4.79. The second-order valence-corrected chi connectivity index (χ2v) is 6.56. The fraction of sp³-hybridized carbons (Fsp3) is 0.278. The van der Waals surface area contributed by atoms with Crippen LogP contribution in [0.5, 0.6) is 0 Å². The minimum absolute atomic E-state index is 0.843. The highest BCUT2D eigenvalue weighted by molar-refractivity contribution is 5.58. The average molecular weight is 361 g/mol. The van der Waals surface area contributed by atoms with Gasteiger partial charge in [-0.25, -0.2) is 14.5 Å². The zero-order valence-corrected chi connectivity index (χ0v) is 15.0. The van der Waals surface area contributed by atoms with Crippen LogP contribution in [-0.2, 0) is 7.05 Å². The molecule has 0 saturated carbocycles. The third-order valence-corrected chi connectivity index (χ3v) is 4.79. The van der Waals surface area contributed by atoms with Crippen LogP contribution in [0.2, 0.25) is 0 Å². The summed E-state index contributed by atoms with van der Waals surface area (Å²) in [5, 5.41) is 8.41. The smallest absolute Gasteiger partial charge is 0.157 e. The molecule has 0 atom stereocenters. The number of rotatable bonds is 3. The van der Waals surface area contributed by atoms with Crippen LogP contribution in [0.15, 0.2) is 49.3 Å². The predicted molar refractivity (Wildman–Crippen MR) is 102 cm³/mol. The first-order chi connectivity index (χ1) is 13.3. The van der Waals surface area contributed by atoms with Crippen molar-refractivity contribution in [2.75, 3.05) is 36.0 Å². The van der Waals surface area contributed by atoms with E-state index in [0.29, 0.717) is 0 Å². The molecular formula is C18H19N9. The lowest BCUT2D eigenvalue weighted by molar-refractivity contribution is 0.640. The summed E-state index contributed by atoms with van der Waals surface area (Å²) in [7, 11) is 1.90. The van der Waals surface area contributed by atoms with Crippen molar-refractivity contribution in [1.29, 1.82) is 0 Å². The number of aromatic nitrogens is 7. The van der Waals surface area contributed by atoms with Gasteiger partial charge < -0.3 is 9.80 Å². The van der Waals surface area contributed by atoms with Crippen molar-refractivity contribution in [1.82, 2.24) is 34.3 Å². The lowest BCUT2D eigenvalue weighted by Crippen LogP contribution is -2.47. The summed E-state index contributed by atoms with van der Waals surface area (Å²) < 4.78 is 3.55. The highest BCUT2D eigenvalue weighted by Crippen LogP contribution is 2.21. The molecule has 9 nitrogen and oxygen atoms in total. The van der Waals surface area contributed by atoms with Crippen molar-refractivity contribution in [2.45, 2.75) is 0 Å². The highest BCUT2D eigenvalue weighted by atomic mass is 15.3. The Morgan fingerprint density at radius 3 is 2.44 bits per heavy atom. The molecular weight excluding hydrogens is 342 g/mol. The first-order valence-electron chi connectivity index (χ1n) is 8.88. The molecule has 0 bridgehead atoms. The Hall–Kier alpha value is -3.49. The summed E-state index contributed by atoms with van der Waals surface area (Å²) in [5.41, 5.74) is 2.68. The number of hydrogen-bond acceptors (Lipinski definition) is 7. The van der Waals surface area contributed by atoms with Crippen molar-refractivity contribution < 1.29 is 0 Å². The SMILES string of the molecule is Cn1cc(-c2cncc(N3CCN(c4ccn5nccc5n4)CC3)n2)cn1. The molecule has 4 aromatic rings. The summed E-state index contributed by atoms with van der Waals surface area (Å²) >= 11 is 0. The molecule has 0 radical (unpaired) electrons. The van der Waals surface area contributed by atoms with E-state index in [1.165, 1.54) is 0 Å². The van der Waals surface area contributed by atoms with Crippen LogP contribution >= 0.6 is 0 Å². The Morgan fingerprint density at radius 2 is 1.67 bits per heavy atom. The molecule has 5 heterocycles. The van der Waals surface area contributed by atoms with Crippen molar-refractivity contribution in [3.8, 4) is 11.3 Å². The molecule has 1 saturated heterocycles. The number of hydrogen-bond donors (Lipinski definition) is 0. The second kappa shape index (κ2) is 6.35. The molecule has 136 valence electrons. The van der Waals surface area contributed by atoms with Crippen LogP contribution < -0.4 is 9.80 Å². The van der Waals surface area contributed by atoms with Gasteiger partial charge in [-0.15, -0.1) is 0 Å². The molecule has 1 aliphatic heterocycles. The molecule has 0 spiro atoms. The zero-order chi connectivity index (χ0) is 18.2. The minimum atomic E-state index is 0.843. The quantitative estimate of drug-likeness (QED) is 0.543. The van der Waals surface area contributed by atoms with Crippen LogP contribution in [0.1, 0.15) is 0 Å². The Bertz CT molecular complexity index is 1080. The summed E-state index contributed by atoms with van der Waals surface area (Å²) in [6.07, 6.45) is 11.1. The average Bonchev–Trinajstić information content (AvgIpc) is 3.36. The summed E-state index contributed by atoms with van der Waals surface area (Å²) in [5.74, 6) is 1.88. The highest BCUT2D eigenvalue weighted by Gasteiger charge is 2.20. The summed E-state index contributed by atoms with van der Waals surface area (Å²) in [6, 6.07) is 3.93. The van der Waals surface area contributed by atoms with Gasteiger partial charge >= 0.3 is 0 Å². The van der Waals surface area contributed by atoms with E-state index in [9.17, 15) is 0 Å².